The number of benzene rings is 1. The van der Waals surface area contributed by atoms with Crippen LogP contribution in [0.15, 0.2) is 24.4 Å². The van der Waals surface area contributed by atoms with Crippen molar-refractivity contribution in [2.45, 2.75) is 6.42 Å². The third-order valence-electron chi connectivity index (χ3n) is 2.42. The summed E-state index contributed by atoms with van der Waals surface area (Å²) in [5.74, 6) is 2.63. The number of hydrogen-bond donors (Lipinski definition) is 3. The Bertz CT molecular complexity index is 623. The van der Waals surface area contributed by atoms with Gasteiger partial charge in [-0.3, -0.25) is 0 Å². The highest BCUT2D eigenvalue weighted by atomic mass is 32.1. The lowest BCUT2D eigenvalue weighted by Crippen LogP contribution is -1.92. The molecule has 2 aromatic rings. The number of aromatic nitrogens is 1. The van der Waals surface area contributed by atoms with Gasteiger partial charge in [0.05, 0.1) is 5.69 Å². The van der Waals surface area contributed by atoms with Crippen molar-refractivity contribution in [2.75, 3.05) is 4.72 Å². The van der Waals surface area contributed by atoms with Gasteiger partial charge in [0.15, 0.2) is 0 Å². The Hall–Kier alpha value is -1.44. The van der Waals surface area contributed by atoms with Gasteiger partial charge in [0.1, 0.15) is 4.64 Å². The van der Waals surface area contributed by atoms with Crippen LogP contribution in [0.5, 0.6) is 0 Å². The van der Waals surface area contributed by atoms with Crippen LogP contribution in [0.3, 0.4) is 0 Å². The zero-order valence-electron chi connectivity index (χ0n) is 8.45. The SMILES string of the molecule is C#CCc1ccc2cc(=S)[nH]cc2c1NS. The van der Waals surface area contributed by atoms with Crippen molar-refractivity contribution in [3.05, 3.63) is 34.6 Å². The second kappa shape index (κ2) is 4.60. The molecule has 2 rings (SSSR count). The lowest BCUT2D eigenvalue weighted by molar-refractivity contribution is 1.31. The molecule has 1 aromatic heterocycles. The van der Waals surface area contributed by atoms with Gasteiger partial charge >= 0.3 is 0 Å². The second-order valence-electron chi connectivity index (χ2n) is 3.39. The van der Waals surface area contributed by atoms with Crippen molar-refractivity contribution in [2.24, 2.45) is 0 Å². The zero-order chi connectivity index (χ0) is 11.5. The molecular weight excluding hydrogens is 236 g/mol. The molecule has 0 bridgehead atoms. The average molecular weight is 246 g/mol. The number of rotatable bonds is 2. The second-order valence-corrected chi connectivity index (χ2v) is 4.06. The lowest BCUT2D eigenvalue weighted by atomic mass is 10.0. The van der Waals surface area contributed by atoms with Crippen LogP contribution < -0.4 is 4.72 Å². The maximum absolute atomic E-state index is 5.33. The first-order valence-electron chi connectivity index (χ1n) is 4.74. The van der Waals surface area contributed by atoms with Crippen LogP contribution in [0, 0.1) is 17.0 Å². The van der Waals surface area contributed by atoms with E-state index in [9.17, 15) is 0 Å². The Morgan fingerprint density at radius 1 is 1.50 bits per heavy atom. The van der Waals surface area contributed by atoms with Gasteiger partial charge < -0.3 is 9.71 Å². The van der Waals surface area contributed by atoms with Crippen LogP contribution in [-0.4, -0.2) is 4.98 Å². The predicted molar refractivity (Wildman–Crippen MR) is 74.3 cm³/mol. The first-order chi connectivity index (χ1) is 7.76. The molecule has 0 unspecified atom stereocenters. The lowest BCUT2D eigenvalue weighted by Gasteiger charge is -2.09. The number of aromatic amines is 1. The van der Waals surface area contributed by atoms with Crippen molar-refractivity contribution in [1.82, 2.24) is 4.98 Å². The summed E-state index contributed by atoms with van der Waals surface area (Å²) in [7, 11) is 0. The quantitative estimate of drug-likeness (QED) is 0.431. The van der Waals surface area contributed by atoms with Crippen LogP contribution in [0.25, 0.3) is 10.8 Å². The number of fused-ring (bicyclic) bond motifs is 1. The van der Waals surface area contributed by atoms with E-state index in [1.807, 2.05) is 24.4 Å². The Balaban J connectivity index is 2.76. The molecular formula is C12H10N2S2. The molecule has 2 N–H and O–H groups in total. The van der Waals surface area contributed by atoms with Gasteiger partial charge in [-0.05, 0) is 17.0 Å². The summed E-state index contributed by atoms with van der Waals surface area (Å²) >= 11 is 9.19. The van der Waals surface area contributed by atoms with Gasteiger partial charge in [0.25, 0.3) is 0 Å². The molecule has 1 aromatic carbocycles. The molecule has 80 valence electrons. The Kier molecular flexibility index (Phi) is 3.18. The molecule has 2 nitrogen and oxygen atoms in total. The average Bonchev–Trinajstić information content (AvgIpc) is 2.29. The number of H-pyrrole nitrogens is 1. The van der Waals surface area contributed by atoms with Gasteiger partial charge in [-0.1, -0.05) is 37.2 Å². The van der Waals surface area contributed by atoms with E-state index in [0.717, 1.165) is 22.0 Å². The van der Waals surface area contributed by atoms with Crippen LogP contribution >= 0.6 is 25.0 Å². The van der Waals surface area contributed by atoms with Gasteiger partial charge in [-0.2, -0.15) is 0 Å². The maximum Gasteiger partial charge on any atom is 0.103 e. The number of nitrogens with one attached hydrogen (secondary N) is 2. The summed E-state index contributed by atoms with van der Waals surface area (Å²) in [6, 6.07) is 5.93. The molecule has 0 atom stereocenters. The largest absolute Gasteiger partial charge is 0.352 e. The normalized spacial score (nSPS) is 10.0. The fraction of sp³-hybridized carbons (Fsp3) is 0.0833. The third kappa shape index (κ3) is 1.92. The van der Waals surface area contributed by atoms with Gasteiger partial charge in [-0.15, -0.1) is 12.3 Å². The summed E-state index contributed by atoms with van der Waals surface area (Å²) in [5.41, 5.74) is 1.99. The molecule has 0 aliphatic carbocycles. The summed E-state index contributed by atoms with van der Waals surface area (Å²) in [4.78, 5) is 3.01. The zero-order valence-corrected chi connectivity index (χ0v) is 10.2. The molecule has 0 radical (unpaired) electrons. The highest BCUT2D eigenvalue weighted by Crippen LogP contribution is 2.27. The van der Waals surface area contributed by atoms with E-state index in [2.05, 4.69) is 28.4 Å². The predicted octanol–water partition coefficient (Wildman–Crippen LogP) is 3.33. The molecule has 0 amide bonds. The van der Waals surface area contributed by atoms with E-state index >= 15 is 0 Å². The third-order valence-corrected chi connectivity index (χ3v) is 2.87. The first-order valence-corrected chi connectivity index (χ1v) is 5.59. The molecule has 0 fully saturated rings. The monoisotopic (exact) mass is 246 g/mol. The first kappa shape index (κ1) is 11.1. The molecule has 0 aliphatic heterocycles. The number of pyridine rings is 1. The van der Waals surface area contributed by atoms with Crippen molar-refractivity contribution in [1.29, 1.82) is 0 Å². The minimum absolute atomic E-state index is 0.578. The van der Waals surface area contributed by atoms with E-state index in [-0.39, 0.29) is 0 Å². The van der Waals surface area contributed by atoms with Gasteiger partial charge in [-0.25, -0.2) is 0 Å². The molecule has 1 heterocycles. The Morgan fingerprint density at radius 3 is 3.00 bits per heavy atom. The van der Waals surface area contributed by atoms with E-state index in [1.165, 1.54) is 0 Å². The Labute approximate surface area is 105 Å². The van der Waals surface area contributed by atoms with Crippen LogP contribution in [0.1, 0.15) is 5.56 Å². The van der Waals surface area contributed by atoms with Gasteiger partial charge in [0.2, 0.25) is 0 Å². The number of hydrogen-bond acceptors (Lipinski definition) is 3. The Morgan fingerprint density at radius 2 is 2.31 bits per heavy atom. The standard InChI is InChI=1S/C12H10N2S2/c1-2-3-8-4-5-9-6-11(15)13-7-10(9)12(8)14-16/h1,4-7,14,16H,3H2,(H,13,15). The minimum atomic E-state index is 0.578. The van der Waals surface area contributed by atoms with Crippen LogP contribution in [0.2, 0.25) is 0 Å². The fourth-order valence-electron chi connectivity index (χ4n) is 1.68. The smallest absolute Gasteiger partial charge is 0.103 e. The molecule has 16 heavy (non-hydrogen) atoms. The van der Waals surface area contributed by atoms with Crippen LogP contribution in [-0.2, 0) is 6.42 Å². The van der Waals surface area contributed by atoms with Crippen LogP contribution in [0.4, 0.5) is 5.69 Å². The van der Waals surface area contributed by atoms with E-state index in [4.69, 9.17) is 18.6 Å². The molecule has 4 heteroatoms. The number of terminal acetylenes is 1. The van der Waals surface area contributed by atoms with Gasteiger partial charge in [0, 0.05) is 18.0 Å². The van der Waals surface area contributed by atoms with Crippen molar-refractivity contribution < 1.29 is 0 Å². The molecule has 0 spiro atoms. The summed E-state index contributed by atoms with van der Waals surface area (Å²) in [6.07, 6.45) is 7.77. The van der Waals surface area contributed by atoms with Crippen molar-refractivity contribution >= 4 is 41.5 Å². The number of anilines is 1. The summed E-state index contributed by atoms with van der Waals surface area (Å²) < 4.78 is 3.60. The number of thiol groups is 1. The fourth-order valence-corrected chi connectivity index (χ4v) is 2.13. The minimum Gasteiger partial charge on any atom is -0.352 e. The highest BCUT2D eigenvalue weighted by Gasteiger charge is 2.05. The molecule has 0 saturated heterocycles. The highest BCUT2D eigenvalue weighted by molar-refractivity contribution is 7.81. The van der Waals surface area contributed by atoms with Crippen molar-refractivity contribution in [3.8, 4) is 12.3 Å². The summed E-state index contributed by atoms with van der Waals surface area (Å²) in [6.45, 7) is 0. The maximum atomic E-state index is 5.33. The molecule has 0 saturated carbocycles. The van der Waals surface area contributed by atoms with E-state index in [0.29, 0.717) is 11.1 Å². The summed E-state index contributed by atoms with van der Waals surface area (Å²) in [5, 5.41) is 2.11. The molecule has 0 aliphatic rings. The van der Waals surface area contributed by atoms with Crippen molar-refractivity contribution in [3.63, 3.8) is 0 Å². The van der Waals surface area contributed by atoms with E-state index < -0.39 is 0 Å². The van der Waals surface area contributed by atoms with E-state index in [1.54, 1.807) is 0 Å². The topological polar surface area (TPSA) is 27.8 Å².